The Morgan fingerprint density at radius 2 is 2.00 bits per heavy atom. The zero-order chi connectivity index (χ0) is 13.3. The van der Waals surface area contributed by atoms with Gasteiger partial charge >= 0.3 is 6.18 Å². The second-order valence-electron chi connectivity index (χ2n) is 4.44. The van der Waals surface area contributed by atoms with E-state index in [1.165, 1.54) is 6.07 Å². The Hall–Kier alpha value is -0.940. The van der Waals surface area contributed by atoms with Crippen molar-refractivity contribution in [2.45, 2.75) is 37.6 Å². The number of alkyl halides is 3. The molecule has 1 aliphatic carbocycles. The van der Waals surface area contributed by atoms with Crippen molar-refractivity contribution in [3.8, 4) is 0 Å². The molecule has 0 spiro atoms. The molecule has 0 radical (unpaired) electrons. The molecule has 0 aromatic heterocycles. The maximum absolute atomic E-state index is 12.4. The Labute approximate surface area is 108 Å². The molecule has 0 unspecified atom stereocenters. The van der Waals surface area contributed by atoms with Crippen molar-refractivity contribution in [3.05, 3.63) is 28.8 Å². The minimum absolute atomic E-state index is 0.0175. The molecule has 1 aromatic rings. The summed E-state index contributed by atoms with van der Waals surface area (Å²) >= 11 is 5.82. The highest BCUT2D eigenvalue weighted by Gasteiger charge is 2.31. The van der Waals surface area contributed by atoms with Crippen LogP contribution in [0.5, 0.6) is 0 Å². The van der Waals surface area contributed by atoms with E-state index in [0.717, 1.165) is 25.0 Å². The van der Waals surface area contributed by atoms with Crippen LogP contribution in [0, 0.1) is 0 Å². The number of hydrogen-bond donors (Lipinski definition) is 2. The van der Waals surface area contributed by atoms with Gasteiger partial charge in [0, 0.05) is 0 Å². The Kier molecular flexibility index (Phi) is 3.73. The second-order valence-corrected chi connectivity index (χ2v) is 4.85. The molecule has 0 bridgehead atoms. The van der Waals surface area contributed by atoms with Gasteiger partial charge in [0.2, 0.25) is 0 Å². The molecule has 2 atom stereocenters. The largest absolute Gasteiger partial charge is 0.416 e. The molecule has 2 nitrogen and oxygen atoms in total. The van der Waals surface area contributed by atoms with Gasteiger partial charge < -0.3 is 10.4 Å². The zero-order valence-corrected chi connectivity index (χ0v) is 10.2. The Bertz CT molecular complexity index is 436. The smallest absolute Gasteiger partial charge is 0.391 e. The fraction of sp³-hybridized carbons (Fsp3) is 0.500. The molecule has 2 rings (SSSR count). The Morgan fingerprint density at radius 3 is 2.50 bits per heavy atom. The average molecular weight is 280 g/mol. The van der Waals surface area contributed by atoms with Gasteiger partial charge in [-0.3, -0.25) is 0 Å². The van der Waals surface area contributed by atoms with E-state index < -0.39 is 17.8 Å². The minimum atomic E-state index is -4.39. The van der Waals surface area contributed by atoms with Crippen LogP contribution in [0.25, 0.3) is 0 Å². The van der Waals surface area contributed by atoms with Crippen molar-refractivity contribution in [2.24, 2.45) is 0 Å². The van der Waals surface area contributed by atoms with Crippen LogP contribution in [-0.2, 0) is 6.18 Å². The fourth-order valence-corrected chi connectivity index (χ4v) is 2.35. The van der Waals surface area contributed by atoms with Crippen LogP contribution in [0.1, 0.15) is 24.8 Å². The third-order valence-corrected chi connectivity index (χ3v) is 3.43. The standard InChI is InChI=1S/C12H13ClF3NO/c13-8-6-7(12(14,15)16)4-5-9(8)17-10-2-1-3-11(10)18/h4-6,10-11,17-18H,1-3H2/t10-,11-/m1/s1. The summed E-state index contributed by atoms with van der Waals surface area (Å²) in [6, 6.07) is 3.04. The predicted molar refractivity (Wildman–Crippen MR) is 63.7 cm³/mol. The number of aliphatic hydroxyl groups excluding tert-OH is 1. The first-order valence-corrected chi connectivity index (χ1v) is 6.07. The highest BCUT2D eigenvalue weighted by molar-refractivity contribution is 6.33. The molecule has 1 aliphatic rings. The molecule has 100 valence electrons. The summed E-state index contributed by atoms with van der Waals surface area (Å²) in [5.74, 6) is 0. The van der Waals surface area contributed by atoms with E-state index in [9.17, 15) is 18.3 Å². The zero-order valence-electron chi connectivity index (χ0n) is 9.47. The van der Waals surface area contributed by atoms with E-state index in [0.29, 0.717) is 12.1 Å². The summed E-state index contributed by atoms with van der Waals surface area (Å²) in [5.41, 5.74) is -0.347. The van der Waals surface area contributed by atoms with Gasteiger partial charge in [-0.05, 0) is 37.5 Å². The van der Waals surface area contributed by atoms with Crippen LogP contribution in [0.15, 0.2) is 18.2 Å². The van der Waals surface area contributed by atoms with E-state index >= 15 is 0 Å². The number of nitrogens with one attached hydrogen (secondary N) is 1. The summed E-state index contributed by atoms with van der Waals surface area (Å²) in [7, 11) is 0. The molecule has 0 saturated heterocycles. The lowest BCUT2D eigenvalue weighted by Gasteiger charge is -2.19. The number of benzene rings is 1. The van der Waals surface area contributed by atoms with Crippen LogP contribution >= 0.6 is 11.6 Å². The highest BCUT2D eigenvalue weighted by Crippen LogP contribution is 2.34. The van der Waals surface area contributed by atoms with Gasteiger partial charge in [0.05, 0.1) is 28.4 Å². The van der Waals surface area contributed by atoms with Crippen LogP contribution < -0.4 is 5.32 Å². The average Bonchev–Trinajstić information content (AvgIpc) is 2.66. The SMILES string of the molecule is O[C@@H]1CCC[C@H]1Nc1ccc(C(F)(F)F)cc1Cl. The molecule has 2 N–H and O–H groups in total. The topological polar surface area (TPSA) is 32.3 Å². The lowest BCUT2D eigenvalue weighted by molar-refractivity contribution is -0.137. The van der Waals surface area contributed by atoms with Crippen LogP contribution in [0.2, 0.25) is 5.02 Å². The highest BCUT2D eigenvalue weighted by atomic mass is 35.5. The molecular weight excluding hydrogens is 267 g/mol. The molecule has 1 fully saturated rings. The first kappa shape index (κ1) is 13.5. The predicted octanol–water partition coefficient (Wildman–Crippen LogP) is 3.68. The molecule has 1 saturated carbocycles. The van der Waals surface area contributed by atoms with E-state index in [1.54, 1.807) is 0 Å². The fourth-order valence-electron chi connectivity index (χ4n) is 2.12. The van der Waals surface area contributed by atoms with Crippen molar-refractivity contribution in [3.63, 3.8) is 0 Å². The van der Waals surface area contributed by atoms with Crippen molar-refractivity contribution in [1.82, 2.24) is 0 Å². The number of hydrogen-bond acceptors (Lipinski definition) is 2. The van der Waals surface area contributed by atoms with Crippen LogP contribution in [0.4, 0.5) is 18.9 Å². The molecular formula is C12H13ClF3NO. The minimum Gasteiger partial charge on any atom is -0.391 e. The first-order chi connectivity index (χ1) is 8.38. The van der Waals surface area contributed by atoms with E-state index in [4.69, 9.17) is 11.6 Å². The number of aliphatic hydroxyl groups is 1. The third-order valence-electron chi connectivity index (χ3n) is 3.12. The van der Waals surface area contributed by atoms with Gasteiger partial charge in [-0.1, -0.05) is 11.6 Å². The summed E-state index contributed by atoms with van der Waals surface area (Å²) in [4.78, 5) is 0. The van der Waals surface area contributed by atoms with Gasteiger partial charge in [-0.15, -0.1) is 0 Å². The Balaban J connectivity index is 2.15. The van der Waals surface area contributed by atoms with Gasteiger partial charge in [0.15, 0.2) is 0 Å². The maximum atomic E-state index is 12.4. The van der Waals surface area contributed by atoms with E-state index in [2.05, 4.69) is 5.32 Å². The van der Waals surface area contributed by atoms with Crippen molar-refractivity contribution in [2.75, 3.05) is 5.32 Å². The second kappa shape index (κ2) is 4.97. The van der Waals surface area contributed by atoms with Crippen molar-refractivity contribution >= 4 is 17.3 Å². The van der Waals surface area contributed by atoms with Crippen LogP contribution in [0.3, 0.4) is 0 Å². The van der Waals surface area contributed by atoms with Crippen molar-refractivity contribution < 1.29 is 18.3 Å². The van der Waals surface area contributed by atoms with Crippen molar-refractivity contribution in [1.29, 1.82) is 0 Å². The monoisotopic (exact) mass is 279 g/mol. The molecule has 0 heterocycles. The van der Waals surface area contributed by atoms with Gasteiger partial charge in [0.1, 0.15) is 0 Å². The Morgan fingerprint density at radius 1 is 1.28 bits per heavy atom. The summed E-state index contributed by atoms with van der Waals surface area (Å²) < 4.78 is 37.3. The quantitative estimate of drug-likeness (QED) is 0.865. The molecule has 6 heteroatoms. The summed E-state index contributed by atoms with van der Waals surface area (Å²) in [6.07, 6.45) is -2.47. The lowest BCUT2D eigenvalue weighted by atomic mass is 10.1. The van der Waals surface area contributed by atoms with E-state index in [-0.39, 0.29) is 11.1 Å². The summed E-state index contributed by atoms with van der Waals surface area (Å²) in [6.45, 7) is 0. The summed E-state index contributed by atoms with van der Waals surface area (Å²) in [5, 5.41) is 12.6. The van der Waals surface area contributed by atoms with Gasteiger partial charge in [-0.2, -0.15) is 13.2 Å². The number of anilines is 1. The van der Waals surface area contributed by atoms with E-state index in [1.807, 2.05) is 0 Å². The third kappa shape index (κ3) is 2.90. The normalized spacial score (nSPS) is 24.3. The number of halogens is 4. The lowest BCUT2D eigenvalue weighted by Crippen LogP contribution is -2.28. The first-order valence-electron chi connectivity index (χ1n) is 5.69. The van der Waals surface area contributed by atoms with Gasteiger partial charge in [0.25, 0.3) is 0 Å². The van der Waals surface area contributed by atoms with Crippen LogP contribution in [-0.4, -0.2) is 17.3 Å². The molecule has 0 amide bonds. The van der Waals surface area contributed by atoms with Gasteiger partial charge in [-0.25, -0.2) is 0 Å². The molecule has 1 aromatic carbocycles. The molecule has 18 heavy (non-hydrogen) atoms. The maximum Gasteiger partial charge on any atom is 0.416 e. The number of rotatable bonds is 2. The molecule has 0 aliphatic heterocycles.